The van der Waals surface area contributed by atoms with Gasteiger partial charge in [0.05, 0.1) is 19.3 Å². The van der Waals surface area contributed by atoms with Crippen molar-refractivity contribution in [3.05, 3.63) is 64.4 Å². The standard InChI is InChI=1S/C25H27N3O4S2/c1-5-30-21-12-11-17(13-22(21)31-6-2)15(3)26-24(29)23-19(14-33-25-28-27-16(4)34-25)18-9-7-8-10-20(18)32-23/h7-13,15H,5-6,14H2,1-4H3,(H,26,29). The molecule has 1 atom stereocenters. The SMILES string of the molecule is CCOc1ccc(C(C)NC(=O)c2oc3ccccc3c2CSc2nnc(C)s2)cc1OCC. The average molecular weight is 498 g/mol. The zero-order valence-electron chi connectivity index (χ0n) is 19.6. The lowest BCUT2D eigenvalue weighted by molar-refractivity contribution is 0.0913. The number of aryl methyl sites for hydroxylation is 1. The topological polar surface area (TPSA) is 86.5 Å². The predicted octanol–water partition coefficient (Wildman–Crippen LogP) is 6.17. The molecule has 0 spiro atoms. The van der Waals surface area contributed by atoms with Crippen molar-refractivity contribution < 1.29 is 18.7 Å². The van der Waals surface area contributed by atoms with Gasteiger partial charge in [-0.15, -0.1) is 10.2 Å². The van der Waals surface area contributed by atoms with Crippen LogP contribution in [-0.4, -0.2) is 29.3 Å². The number of amides is 1. The molecule has 1 N–H and O–H groups in total. The minimum atomic E-state index is -0.264. The fourth-order valence-electron chi connectivity index (χ4n) is 3.58. The van der Waals surface area contributed by atoms with Crippen LogP contribution in [0.5, 0.6) is 11.5 Å². The lowest BCUT2D eigenvalue weighted by Crippen LogP contribution is -2.27. The largest absolute Gasteiger partial charge is 0.490 e. The van der Waals surface area contributed by atoms with E-state index in [0.29, 0.717) is 41.8 Å². The van der Waals surface area contributed by atoms with Gasteiger partial charge in [-0.3, -0.25) is 4.79 Å². The zero-order chi connectivity index (χ0) is 24.1. The molecule has 2 aromatic heterocycles. The molecule has 9 heteroatoms. The predicted molar refractivity (Wildman–Crippen MR) is 135 cm³/mol. The first kappa shape index (κ1) is 24.1. The highest BCUT2D eigenvalue weighted by Crippen LogP contribution is 2.34. The van der Waals surface area contributed by atoms with Crippen LogP contribution in [0.15, 0.2) is 51.2 Å². The van der Waals surface area contributed by atoms with Gasteiger partial charge in [0, 0.05) is 16.7 Å². The molecule has 0 aliphatic rings. The van der Waals surface area contributed by atoms with Gasteiger partial charge in [0.15, 0.2) is 21.6 Å². The number of para-hydroxylation sites is 1. The monoisotopic (exact) mass is 497 g/mol. The molecule has 0 fully saturated rings. The van der Waals surface area contributed by atoms with E-state index in [4.69, 9.17) is 13.9 Å². The van der Waals surface area contributed by atoms with Gasteiger partial charge in [0.2, 0.25) is 0 Å². The van der Waals surface area contributed by atoms with Gasteiger partial charge >= 0.3 is 0 Å². The Balaban J connectivity index is 1.57. The number of thioether (sulfide) groups is 1. The maximum absolute atomic E-state index is 13.3. The maximum Gasteiger partial charge on any atom is 0.287 e. The summed E-state index contributed by atoms with van der Waals surface area (Å²) in [6, 6.07) is 13.2. The van der Waals surface area contributed by atoms with Gasteiger partial charge < -0.3 is 19.2 Å². The fraction of sp³-hybridized carbons (Fsp3) is 0.320. The van der Waals surface area contributed by atoms with Crippen molar-refractivity contribution in [1.29, 1.82) is 0 Å². The van der Waals surface area contributed by atoms with Gasteiger partial charge in [-0.25, -0.2) is 0 Å². The van der Waals surface area contributed by atoms with Crippen molar-refractivity contribution in [2.24, 2.45) is 0 Å². The van der Waals surface area contributed by atoms with E-state index in [9.17, 15) is 4.79 Å². The van der Waals surface area contributed by atoms with Crippen LogP contribution in [0.25, 0.3) is 11.0 Å². The molecule has 2 aromatic carbocycles. The molecule has 0 radical (unpaired) electrons. The summed E-state index contributed by atoms with van der Waals surface area (Å²) in [4.78, 5) is 13.3. The highest BCUT2D eigenvalue weighted by molar-refractivity contribution is 8.00. The first-order valence-electron chi connectivity index (χ1n) is 11.1. The number of nitrogens with zero attached hydrogens (tertiary/aromatic N) is 2. The summed E-state index contributed by atoms with van der Waals surface area (Å²) in [6.45, 7) is 8.80. The summed E-state index contributed by atoms with van der Waals surface area (Å²) in [6.07, 6.45) is 0. The molecular weight excluding hydrogens is 470 g/mol. The van der Waals surface area contributed by atoms with E-state index in [0.717, 1.165) is 25.9 Å². The molecule has 4 aromatic rings. The van der Waals surface area contributed by atoms with E-state index in [2.05, 4.69) is 15.5 Å². The number of hydrogen-bond acceptors (Lipinski definition) is 8. The van der Waals surface area contributed by atoms with E-state index in [1.54, 1.807) is 11.8 Å². The Morgan fingerprint density at radius 2 is 1.88 bits per heavy atom. The number of nitrogens with one attached hydrogen (secondary N) is 1. The van der Waals surface area contributed by atoms with Crippen LogP contribution in [0, 0.1) is 6.92 Å². The van der Waals surface area contributed by atoms with Crippen LogP contribution in [0.3, 0.4) is 0 Å². The van der Waals surface area contributed by atoms with Gasteiger partial charge in [-0.05, 0) is 51.5 Å². The lowest BCUT2D eigenvalue weighted by Gasteiger charge is -2.17. The van der Waals surface area contributed by atoms with E-state index in [1.165, 1.54) is 11.3 Å². The highest BCUT2D eigenvalue weighted by atomic mass is 32.2. The van der Waals surface area contributed by atoms with Gasteiger partial charge in [0.25, 0.3) is 5.91 Å². The third-order valence-corrected chi connectivity index (χ3v) is 7.17. The number of furan rings is 1. The Morgan fingerprint density at radius 3 is 2.62 bits per heavy atom. The van der Waals surface area contributed by atoms with Crippen molar-refractivity contribution in [2.45, 2.75) is 43.8 Å². The van der Waals surface area contributed by atoms with Gasteiger partial charge in [-0.2, -0.15) is 0 Å². The molecule has 0 saturated heterocycles. The molecular formula is C25H27N3O4S2. The third-order valence-electron chi connectivity index (χ3n) is 5.17. The third kappa shape index (κ3) is 5.37. The normalized spacial score (nSPS) is 12.0. The molecule has 0 aliphatic carbocycles. The smallest absolute Gasteiger partial charge is 0.287 e. The second kappa shape index (κ2) is 10.9. The first-order valence-corrected chi connectivity index (χ1v) is 12.9. The number of carbonyl (C=O) groups is 1. The zero-order valence-corrected chi connectivity index (χ0v) is 21.2. The van der Waals surface area contributed by atoms with Crippen LogP contribution in [0.4, 0.5) is 0 Å². The Morgan fingerprint density at radius 1 is 1.12 bits per heavy atom. The summed E-state index contributed by atoms with van der Waals surface area (Å²) < 4.78 is 18.2. The number of hydrogen-bond donors (Lipinski definition) is 1. The maximum atomic E-state index is 13.3. The Bertz CT molecular complexity index is 1280. The summed E-state index contributed by atoms with van der Waals surface area (Å²) in [5.41, 5.74) is 2.44. The summed E-state index contributed by atoms with van der Waals surface area (Å²) in [5.74, 6) is 1.96. The van der Waals surface area contributed by atoms with Crippen molar-refractivity contribution in [3.63, 3.8) is 0 Å². The molecule has 0 bridgehead atoms. The second-order valence-electron chi connectivity index (χ2n) is 7.55. The molecule has 2 heterocycles. The summed E-state index contributed by atoms with van der Waals surface area (Å²) >= 11 is 3.08. The lowest BCUT2D eigenvalue weighted by atomic mass is 10.1. The molecule has 1 amide bonds. The van der Waals surface area contributed by atoms with Crippen LogP contribution < -0.4 is 14.8 Å². The molecule has 0 saturated carbocycles. The molecule has 178 valence electrons. The van der Waals surface area contributed by atoms with Crippen molar-refractivity contribution in [1.82, 2.24) is 15.5 Å². The second-order valence-corrected chi connectivity index (χ2v) is 9.95. The van der Waals surface area contributed by atoms with E-state index >= 15 is 0 Å². The first-order chi connectivity index (χ1) is 16.5. The van der Waals surface area contributed by atoms with E-state index in [1.807, 2.05) is 70.2 Å². The van der Waals surface area contributed by atoms with Crippen LogP contribution in [0.1, 0.15) is 53.5 Å². The molecule has 0 aliphatic heterocycles. The van der Waals surface area contributed by atoms with Crippen molar-refractivity contribution in [2.75, 3.05) is 13.2 Å². The van der Waals surface area contributed by atoms with Crippen molar-refractivity contribution in [3.8, 4) is 11.5 Å². The summed E-state index contributed by atoms with van der Waals surface area (Å²) in [7, 11) is 0. The fourth-order valence-corrected chi connectivity index (χ4v) is 5.42. The quantitative estimate of drug-likeness (QED) is 0.262. The van der Waals surface area contributed by atoms with E-state index < -0.39 is 0 Å². The number of benzene rings is 2. The molecule has 34 heavy (non-hydrogen) atoms. The number of fused-ring (bicyclic) bond motifs is 1. The van der Waals surface area contributed by atoms with Gasteiger partial charge in [0.1, 0.15) is 10.6 Å². The van der Waals surface area contributed by atoms with Crippen LogP contribution in [0.2, 0.25) is 0 Å². The van der Waals surface area contributed by atoms with Crippen LogP contribution in [-0.2, 0) is 5.75 Å². The van der Waals surface area contributed by atoms with Crippen LogP contribution >= 0.6 is 23.1 Å². The Hall–Kier alpha value is -3.04. The molecule has 4 rings (SSSR count). The average Bonchev–Trinajstić information content (AvgIpc) is 3.42. The number of carbonyl (C=O) groups excluding carboxylic acids is 1. The van der Waals surface area contributed by atoms with Crippen molar-refractivity contribution >= 4 is 40.0 Å². The van der Waals surface area contributed by atoms with Gasteiger partial charge in [-0.1, -0.05) is 47.4 Å². The molecule has 1 unspecified atom stereocenters. The highest BCUT2D eigenvalue weighted by Gasteiger charge is 2.23. The number of ether oxygens (including phenoxy) is 2. The Kier molecular flexibility index (Phi) is 7.74. The minimum Gasteiger partial charge on any atom is -0.490 e. The molecule has 7 nitrogen and oxygen atoms in total. The number of rotatable bonds is 10. The number of aromatic nitrogens is 2. The summed E-state index contributed by atoms with van der Waals surface area (Å²) in [5, 5.41) is 13.2. The Labute approximate surface area is 206 Å². The van der Waals surface area contributed by atoms with E-state index in [-0.39, 0.29) is 11.9 Å². The minimum absolute atomic E-state index is 0.262.